The van der Waals surface area contributed by atoms with Gasteiger partial charge in [-0.15, -0.1) is 0 Å². The van der Waals surface area contributed by atoms with Gasteiger partial charge in [0.25, 0.3) is 0 Å². The van der Waals surface area contributed by atoms with Gasteiger partial charge in [0, 0.05) is 13.2 Å². The van der Waals surface area contributed by atoms with Crippen LogP contribution in [0.15, 0.2) is 43.1 Å². The Balaban J connectivity index is 2.54. The second-order valence-corrected chi connectivity index (χ2v) is 4.73. The van der Waals surface area contributed by atoms with Gasteiger partial charge in [-0.1, -0.05) is 18.7 Å². The Morgan fingerprint density at radius 3 is 2.67 bits per heavy atom. The number of nitrogens with two attached hydrogens (primary N) is 1. The number of nitrogen functional groups attached to an aromatic ring is 1. The summed E-state index contributed by atoms with van der Waals surface area (Å²) in [4.78, 5) is 19.8. The zero-order chi connectivity index (χ0) is 17.9. The fourth-order valence-corrected chi connectivity index (χ4v) is 2.01. The van der Waals surface area contributed by atoms with Gasteiger partial charge in [0.1, 0.15) is 5.56 Å². The Hall–Kier alpha value is -3.10. The SMILES string of the molecule is C=CC(=O)Nc1ccccc1N(C)c1nc(N)ncc1C(F)(F)F. The van der Waals surface area contributed by atoms with E-state index in [9.17, 15) is 18.0 Å². The number of halogens is 3. The molecular weight excluding hydrogens is 323 g/mol. The van der Waals surface area contributed by atoms with Crippen LogP contribution in [0.1, 0.15) is 5.56 Å². The molecule has 0 aliphatic carbocycles. The quantitative estimate of drug-likeness (QED) is 0.838. The van der Waals surface area contributed by atoms with Gasteiger partial charge in [-0.05, 0) is 18.2 Å². The van der Waals surface area contributed by atoms with E-state index in [-0.39, 0.29) is 5.95 Å². The van der Waals surface area contributed by atoms with Crippen LogP contribution < -0.4 is 16.0 Å². The molecule has 1 aromatic carbocycles. The number of aromatic nitrogens is 2. The van der Waals surface area contributed by atoms with Crippen LogP contribution in [0.3, 0.4) is 0 Å². The summed E-state index contributed by atoms with van der Waals surface area (Å²) in [7, 11) is 1.38. The lowest BCUT2D eigenvalue weighted by atomic mass is 10.2. The molecule has 24 heavy (non-hydrogen) atoms. The van der Waals surface area contributed by atoms with E-state index in [1.807, 2.05) is 0 Å². The van der Waals surface area contributed by atoms with Gasteiger partial charge in [0.15, 0.2) is 5.82 Å². The van der Waals surface area contributed by atoms with Crippen LogP contribution in [0.25, 0.3) is 0 Å². The van der Waals surface area contributed by atoms with Crippen LogP contribution in [0, 0.1) is 0 Å². The molecule has 3 N–H and O–H groups in total. The lowest BCUT2D eigenvalue weighted by Gasteiger charge is -2.24. The maximum atomic E-state index is 13.2. The lowest BCUT2D eigenvalue weighted by molar-refractivity contribution is -0.137. The number of anilines is 4. The molecule has 0 aliphatic heterocycles. The molecule has 1 amide bonds. The van der Waals surface area contributed by atoms with E-state index < -0.39 is 23.5 Å². The van der Waals surface area contributed by atoms with Crippen LogP contribution in [0.5, 0.6) is 0 Å². The molecule has 1 heterocycles. The van der Waals surface area contributed by atoms with Crippen molar-refractivity contribution in [2.75, 3.05) is 23.0 Å². The number of hydrogen-bond acceptors (Lipinski definition) is 5. The Morgan fingerprint density at radius 1 is 1.38 bits per heavy atom. The molecule has 0 saturated carbocycles. The van der Waals surface area contributed by atoms with E-state index in [1.54, 1.807) is 18.2 Å². The third kappa shape index (κ3) is 3.62. The predicted octanol–water partition coefficient (Wildman–Crippen LogP) is 2.97. The highest BCUT2D eigenvalue weighted by Gasteiger charge is 2.36. The molecule has 0 fully saturated rings. The number of rotatable bonds is 4. The van der Waals surface area contributed by atoms with Gasteiger partial charge < -0.3 is 16.0 Å². The van der Waals surface area contributed by atoms with Crippen molar-refractivity contribution in [3.8, 4) is 0 Å². The normalized spacial score (nSPS) is 11.0. The summed E-state index contributed by atoms with van der Waals surface area (Å²) in [5.74, 6) is -1.21. The van der Waals surface area contributed by atoms with Crippen molar-refractivity contribution in [1.29, 1.82) is 0 Å². The molecule has 0 saturated heterocycles. The Morgan fingerprint density at radius 2 is 2.04 bits per heavy atom. The zero-order valence-corrected chi connectivity index (χ0v) is 12.6. The number of nitrogens with zero attached hydrogens (tertiary/aromatic N) is 3. The lowest BCUT2D eigenvalue weighted by Crippen LogP contribution is -2.21. The molecule has 9 heteroatoms. The van der Waals surface area contributed by atoms with Crippen molar-refractivity contribution < 1.29 is 18.0 Å². The topological polar surface area (TPSA) is 84.1 Å². The number of carbonyl (C=O) groups excluding carboxylic acids is 1. The van der Waals surface area contributed by atoms with Gasteiger partial charge in [-0.3, -0.25) is 4.79 Å². The molecule has 0 spiro atoms. The second-order valence-electron chi connectivity index (χ2n) is 4.73. The molecule has 1 aromatic heterocycles. The minimum atomic E-state index is -4.66. The number of alkyl halides is 3. The number of carbonyl (C=O) groups is 1. The molecular formula is C15H14F3N5O. The summed E-state index contributed by atoms with van der Waals surface area (Å²) >= 11 is 0. The Bertz CT molecular complexity index is 776. The first-order chi connectivity index (χ1) is 11.2. The first-order valence-electron chi connectivity index (χ1n) is 6.70. The molecule has 0 atom stereocenters. The summed E-state index contributed by atoms with van der Waals surface area (Å²) in [6.45, 7) is 3.34. The molecule has 0 bridgehead atoms. The average molecular weight is 337 g/mol. The number of para-hydroxylation sites is 2. The van der Waals surface area contributed by atoms with E-state index in [1.165, 1.54) is 18.0 Å². The Kier molecular flexibility index (Phi) is 4.72. The predicted molar refractivity (Wildman–Crippen MR) is 84.8 cm³/mol. The number of nitrogens with one attached hydrogen (secondary N) is 1. The molecule has 0 aliphatic rings. The summed E-state index contributed by atoms with van der Waals surface area (Å²) < 4.78 is 39.6. The zero-order valence-electron chi connectivity index (χ0n) is 12.6. The maximum absolute atomic E-state index is 13.2. The van der Waals surface area contributed by atoms with E-state index in [2.05, 4.69) is 21.9 Å². The fourth-order valence-electron chi connectivity index (χ4n) is 2.01. The standard InChI is InChI=1S/C15H14F3N5O/c1-3-12(24)21-10-6-4-5-7-11(10)23(2)13-9(15(16,17)18)8-20-14(19)22-13/h3-8H,1H2,2H3,(H,21,24)(H2,19,20,22). The van der Waals surface area contributed by atoms with Gasteiger partial charge in [-0.25, -0.2) is 4.98 Å². The van der Waals surface area contributed by atoms with E-state index in [0.29, 0.717) is 17.6 Å². The van der Waals surface area contributed by atoms with Crippen LogP contribution in [0.4, 0.5) is 36.3 Å². The average Bonchev–Trinajstić information content (AvgIpc) is 2.53. The molecule has 6 nitrogen and oxygen atoms in total. The van der Waals surface area contributed by atoms with E-state index in [4.69, 9.17) is 5.73 Å². The molecule has 126 valence electrons. The van der Waals surface area contributed by atoms with Crippen LogP contribution in [-0.2, 0) is 11.0 Å². The highest BCUT2D eigenvalue weighted by atomic mass is 19.4. The highest BCUT2D eigenvalue weighted by molar-refractivity contribution is 6.01. The number of amides is 1. The fraction of sp³-hybridized carbons (Fsp3) is 0.133. The van der Waals surface area contributed by atoms with Crippen molar-refractivity contribution in [2.45, 2.75) is 6.18 Å². The van der Waals surface area contributed by atoms with Crippen LogP contribution in [0.2, 0.25) is 0 Å². The van der Waals surface area contributed by atoms with Crippen molar-refractivity contribution in [2.24, 2.45) is 0 Å². The third-order valence-electron chi connectivity index (χ3n) is 3.12. The monoisotopic (exact) mass is 337 g/mol. The first kappa shape index (κ1) is 17.3. The molecule has 2 aromatic rings. The summed E-state index contributed by atoms with van der Waals surface area (Å²) in [6, 6.07) is 6.34. The molecule has 0 radical (unpaired) electrons. The van der Waals surface area contributed by atoms with E-state index in [0.717, 1.165) is 6.08 Å². The summed E-state index contributed by atoms with van der Waals surface area (Å²) in [5.41, 5.74) is 4.99. The highest BCUT2D eigenvalue weighted by Crippen LogP contribution is 2.38. The number of benzene rings is 1. The summed E-state index contributed by atoms with van der Waals surface area (Å²) in [5, 5.41) is 2.53. The number of hydrogen-bond donors (Lipinski definition) is 2. The van der Waals surface area contributed by atoms with Crippen molar-refractivity contribution in [1.82, 2.24) is 9.97 Å². The first-order valence-corrected chi connectivity index (χ1v) is 6.70. The van der Waals surface area contributed by atoms with Gasteiger partial charge in [0.05, 0.1) is 11.4 Å². The Labute approximate surface area is 135 Å². The minimum absolute atomic E-state index is 0.294. The third-order valence-corrected chi connectivity index (χ3v) is 3.12. The largest absolute Gasteiger partial charge is 0.421 e. The minimum Gasteiger partial charge on any atom is -0.368 e. The summed E-state index contributed by atoms with van der Waals surface area (Å²) in [6.07, 6.45) is -2.98. The van der Waals surface area contributed by atoms with Gasteiger partial charge in [-0.2, -0.15) is 18.2 Å². The van der Waals surface area contributed by atoms with Gasteiger partial charge >= 0.3 is 6.18 Å². The van der Waals surface area contributed by atoms with Crippen LogP contribution >= 0.6 is 0 Å². The second kappa shape index (κ2) is 6.57. The molecule has 0 unspecified atom stereocenters. The van der Waals surface area contributed by atoms with Crippen molar-refractivity contribution >= 4 is 29.0 Å². The van der Waals surface area contributed by atoms with Crippen molar-refractivity contribution in [3.63, 3.8) is 0 Å². The van der Waals surface area contributed by atoms with Crippen LogP contribution in [-0.4, -0.2) is 22.9 Å². The van der Waals surface area contributed by atoms with Gasteiger partial charge in [0.2, 0.25) is 11.9 Å². The molecule has 2 rings (SSSR count). The van der Waals surface area contributed by atoms with Crippen molar-refractivity contribution in [3.05, 3.63) is 48.7 Å². The smallest absolute Gasteiger partial charge is 0.368 e. The van der Waals surface area contributed by atoms with E-state index >= 15 is 0 Å². The maximum Gasteiger partial charge on any atom is 0.421 e.